The van der Waals surface area contributed by atoms with Crippen LogP contribution < -0.4 is 16.2 Å². The summed E-state index contributed by atoms with van der Waals surface area (Å²) in [5, 5.41) is 0. The number of anilines is 2. The average molecular weight is 208 g/mol. The maximum absolute atomic E-state index is 5.30. The van der Waals surface area contributed by atoms with Gasteiger partial charge in [-0.3, -0.25) is 0 Å². The zero-order valence-electron chi connectivity index (χ0n) is 8.85. The van der Waals surface area contributed by atoms with Gasteiger partial charge >= 0.3 is 0 Å². The molecule has 1 aliphatic rings. The molecule has 6 heteroatoms. The molecule has 0 atom stereocenters. The lowest BCUT2D eigenvalue weighted by Crippen LogP contribution is -2.44. The molecule has 0 saturated carbocycles. The predicted molar refractivity (Wildman–Crippen MR) is 59.6 cm³/mol. The topological polar surface area (TPSA) is 70.3 Å². The molecular weight excluding hydrogens is 192 g/mol. The van der Waals surface area contributed by atoms with Crippen molar-refractivity contribution in [2.24, 2.45) is 5.84 Å². The quantitative estimate of drug-likeness (QED) is 0.505. The van der Waals surface area contributed by atoms with Crippen LogP contribution in [0.1, 0.15) is 0 Å². The highest BCUT2D eigenvalue weighted by Crippen LogP contribution is 2.14. The number of nitrogen functional groups attached to an aromatic ring is 1. The molecule has 0 radical (unpaired) electrons. The zero-order valence-corrected chi connectivity index (χ0v) is 8.85. The summed E-state index contributed by atoms with van der Waals surface area (Å²) in [4.78, 5) is 12.8. The number of piperazine rings is 1. The van der Waals surface area contributed by atoms with Crippen molar-refractivity contribution >= 4 is 11.6 Å². The minimum absolute atomic E-state index is 0.652. The highest BCUT2D eigenvalue weighted by molar-refractivity contribution is 5.48. The molecule has 1 aliphatic heterocycles. The molecule has 3 N–H and O–H groups in total. The summed E-state index contributed by atoms with van der Waals surface area (Å²) < 4.78 is 0. The first kappa shape index (κ1) is 10.1. The van der Waals surface area contributed by atoms with Crippen molar-refractivity contribution in [1.82, 2.24) is 14.9 Å². The molecule has 0 amide bonds. The molecule has 0 unspecified atom stereocenters. The van der Waals surface area contributed by atoms with Gasteiger partial charge in [-0.1, -0.05) is 0 Å². The Morgan fingerprint density at radius 1 is 1.27 bits per heavy atom. The van der Waals surface area contributed by atoms with Gasteiger partial charge in [0, 0.05) is 32.2 Å². The Hall–Kier alpha value is -1.40. The van der Waals surface area contributed by atoms with Gasteiger partial charge in [0.15, 0.2) is 0 Å². The standard InChI is InChI=1S/C9H16N6/c1-14-2-4-15(5-3-14)9-6-8(13-10)11-7-12-9/h6-7H,2-5,10H2,1H3,(H,11,12,13). The zero-order chi connectivity index (χ0) is 10.7. The highest BCUT2D eigenvalue weighted by atomic mass is 15.3. The van der Waals surface area contributed by atoms with E-state index in [9.17, 15) is 0 Å². The average Bonchev–Trinajstić information content (AvgIpc) is 2.30. The molecule has 1 aromatic heterocycles. The van der Waals surface area contributed by atoms with Crippen LogP contribution in [0.2, 0.25) is 0 Å². The fourth-order valence-corrected chi connectivity index (χ4v) is 1.63. The first-order chi connectivity index (χ1) is 7.29. The lowest BCUT2D eigenvalue weighted by atomic mass is 10.3. The number of aromatic nitrogens is 2. The molecule has 15 heavy (non-hydrogen) atoms. The smallest absolute Gasteiger partial charge is 0.145 e. The maximum Gasteiger partial charge on any atom is 0.145 e. The molecule has 2 heterocycles. The van der Waals surface area contributed by atoms with Crippen molar-refractivity contribution in [2.45, 2.75) is 0 Å². The number of hydrazine groups is 1. The number of rotatable bonds is 2. The molecule has 0 spiro atoms. The lowest BCUT2D eigenvalue weighted by Gasteiger charge is -2.33. The summed E-state index contributed by atoms with van der Waals surface area (Å²) in [6.07, 6.45) is 1.53. The molecular formula is C9H16N6. The van der Waals surface area contributed by atoms with Crippen LogP contribution in [0.15, 0.2) is 12.4 Å². The second-order valence-electron chi connectivity index (χ2n) is 3.70. The van der Waals surface area contributed by atoms with Crippen LogP contribution >= 0.6 is 0 Å². The van der Waals surface area contributed by atoms with Crippen molar-refractivity contribution in [3.05, 3.63) is 12.4 Å². The molecule has 1 aromatic rings. The number of hydrogen-bond acceptors (Lipinski definition) is 6. The third-order valence-electron chi connectivity index (χ3n) is 2.63. The third-order valence-corrected chi connectivity index (χ3v) is 2.63. The van der Waals surface area contributed by atoms with Gasteiger partial charge in [-0.2, -0.15) is 0 Å². The van der Waals surface area contributed by atoms with Crippen LogP contribution in [0, 0.1) is 0 Å². The van der Waals surface area contributed by atoms with Gasteiger partial charge in [-0.05, 0) is 7.05 Å². The molecule has 1 fully saturated rings. The minimum atomic E-state index is 0.652. The lowest BCUT2D eigenvalue weighted by molar-refractivity contribution is 0.312. The summed E-state index contributed by atoms with van der Waals surface area (Å²) in [5.74, 6) is 6.89. The Morgan fingerprint density at radius 3 is 2.67 bits per heavy atom. The number of nitrogens with two attached hydrogens (primary N) is 1. The van der Waals surface area contributed by atoms with Gasteiger partial charge in [0.25, 0.3) is 0 Å². The van der Waals surface area contributed by atoms with Crippen LogP contribution in [0.25, 0.3) is 0 Å². The van der Waals surface area contributed by atoms with E-state index in [-0.39, 0.29) is 0 Å². The largest absolute Gasteiger partial charge is 0.354 e. The fourth-order valence-electron chi connectivity index (χ4n) is 1.63. The van der Waals surface area contributed by atoms with Crippen molar-refractivity contribution in [3.63, 3.8) is 0 Å². The van der Waals surface area contributed by atoms with E-state index in [0.717, 1.165) is 32.0 Å². The SMILES string of the molecule is CN1CCN(c2cc(NN)ncn2)CC1. The molecule has 1 saturated heterocycles. The van der Waals surface area contributed by atoms with Gasteiger partial charge in [-0.15, -0.1) is 0 Å². The second-order valence-corrected chi connectivity index (χ2v) is 3.70. The third kappa shape index (κ3) is 2.34. The number of hydrogen-bond donors (Lipinski definition) is 2. The summed E-state index contributed by atoms with van der Waals surface area (Å²) in [6.45, 7) is 4.12. The van der Waals surface area contributed by atoms with Crippen LogP contribution in [-0.4, -0.2) is 48.1 Å². The van der Waals surface area contributed by atoms with Crippen LogP contribution in [0.4, 0.5) is 11.6 Å². The molecule has 6 nitrogen and oxygen atoms in total. The summed E-state index contributed by atoms with van der Waals surface area (Å²) in [7, 11) is 2.13. The van der Waals surface area contributed by atoms with Gasteiger partial charge in [0.2, 0.25) is 0 Å². The summed E-state index contributed by atoms with van der Waals surface area (Å²) in [6, 6.07) is 1.87. The van der Waals surface area contributed by atoms with E-state index in [2.05, 4.69) is 32.2 Å². The first-order valence-corrected chi connectivity index (χ1v) is 5.02. The molecule has 0 aliphatic carbocycles. The van der Waals surface area contributed by atoms with Crippen molar-refractivity contribution < 1.29 is 0 Å². The normalized spacial score (nSPS) is 17.9. The van der Waals surface area contributed by atoms with Crippen LogP contribution in [-0.2, 0) is 0 Å². The van der Waals surface area contributed by atoms with E-state index in [1.54, 1.807) is 0 Å². The van der Waals surface area contributed by atoms with Crippen molar-refractivity contribution in [3.8, 4) is 0 Å². The number of nitrogens with one attached hydrogen (secondary N) is 1. The number of likely N-dealkylation sites (N-methyl/N-ethyl adjacent to an activating group) is 1. The van der Waals surface area contributed by atoms with Gasteiger partial charge in [0.05, 0.1) is 0 Å². The Balaban J connectivity index is 2.08. The molecule has 2 rings (SSSR count). The van der Waals surface area contributed by atoms with E-state index < -0.39 is 0 Å². The van der Waals surface area contributed by atoms with E-state index in [0.29, 0.717) is 5.82 Å². The fraction of sp³-hybridized carbons (Fsp3) is 0.556. The van der Waals surface area contributed by atoms with Crippen LogP contribution in [0.3, 0.4) is 0 Å². The van der Waals surface area contributed by atoms with Crippen LogP contribution in [0.5, 0.6) is 0 Å². The monoisotopic (exact) mass is 208 g/mol. The Kier molecular flexibility index (Phi) is 2.98. The summed E-state index contributed by atoms with van der Waals surface area (Å²) in [5.41, 5.74) is 2.53. The summed E-state index contributed by atoms with van der Waals surface area (Å²) >= 11 is 0. The number of nitrogens with zero attached hydrogens (tertiary/aromatic N) is 4. The van der Waals surface area contributed by atoms with Gasteiger partial charge in [0.1, 0.15) is 18.0 Å². The van der Waals surface area contributed by atoms with Crippen molar-refractivity contribution in [2.75, 3.05) is 43.6 Å². The molecule has 82 valence electrons. The van der Waals surface area contributed by atoms with E-state index in [1.807, 2.05) is 6.07 Å². The first-order valence-electron chi connectivity index (χ1n) is 5.02. The maximum atomic E-state index is 5.30. The molecule has 0 bridgehead atoms. The Morgan fingerprint density at radius 2 is 2.00 bits per heavy atom. The van der Waals surface area contributed by atoms with E-state index in [1.165, 1.54) is 6.33 Å². The Bertz CT molecular complexity index is 320. The second kappa shape index (κ2) is 4.41. The molecule has 0 aromatic carbocycles. The highest BCUT2D eigenvalue weighted by Gasteiger charge is 2.15. The van der Waals surface area contributed by atoms with E-state index in [4.69, 9.17) is 5.84 Å². The Labute approximate surface area is 89.1 Å². The van der Waals surface area contributed by atoms with Gasteiger partial charge < -0.3 is 15.2 Å². The van der Waals surface area contributed by atoms with Gasteiger partial charge in [-0.25, -0.2) is 15.8 Å². The predicted octanol–water partition coefficient (Wildman–Crippen LogP) is -0.486. The van der Waals surface area contributed by atoms with E-state index >= 15 is 0 Å². The van der Waals surface area contributed by atoms with Crippen molar-refractivity contribution in [1.29, 1.82) is 0 Å². The minimum Gasteiger partial charge on any atom is -0.354 e.